The Kier molecular flexibility index (Phi) is 4.97. The number of carbonyl (C=O) groups is 3. The first-order chi connectivity index (χ1) is 14.2. The van der Waals surface area contributed by atoms with Crippen molar-refractivity contribution in [3.63, 3.8) is 0 Å². The lowest BCUT2D eigenvalue weighted by Gasteiger charge is -2.45. The third kappa shape index (κ3) is 3.20. The highest BCUT2D eigenvalue weighted by Gasteiger charge is 2.47. The second kappa shape index (κ2) is 7.35. The summed E-state index contributed by atoms with van der Waals surface area (Å²) in [7, 11) is 0. The standard InChI is InChI=1S/C26H26O4/c1-15(2)19-14-17-10-12-20-18(22(17)24(28)23(19)27)11-13-21(26(20,3)4)30-25(29)16-8-6-5-7-9-16/h5-12,14-15,20-21H,13H2,1-4H3/t20-,21+/m1/s1. The van der Waals surface area contributed by atoms with Gasteiger partial charge in [0, 0.05) is 28.9 Å². The molecule has 0 fully saturated rings. The summed E-state index contributed by atoms with van der Waals surface area (Å²) in [4.78, 5) is 38.2. The van der Waals surface area contributed by atoms with Crippen molar-refractivity contribution in [2.45, 2.75) is 40.2 Å². The lowest BCUT2D eigenvalue weighted by Crippen LogP contribution is -2.44. The van der Waals surface area contributed by atoms with Crippen molar-refractivity contribution in [3.05, 3.63) is 82.5 Å². The van der Waals surface area contributed by atoms with Crippen LogP contribution in [0.25, 0.3) is 0 Å². The number of allylic oxidation sites excluding steroid dienone is 7. The zero-order valence-electron chi connectivity index (χ0n) is 17.8. The van der Waals surface area contributed by atoms with Crippen LogP contribution in [0.4, 0.5) is 0 Å². The summed E-state index contributed by atoms with van der Waals surface area (Å²) in [6.45, 7) is 7.95. The van der Waals surface area contributed by atoms with Gasteiger partial charge in [-0.15, -0.1) is 0 Å². The van der Waals surface area contributed by atoms with E-state index in [2.05, 4.69) is 6.08 Å². The van der Waals surface area contributed by atoms with Crippen LogP contribution in [0, 0.1) is 17.3 Å². The van der Waals surface area contributed by atoms with Crippen LogP contribution in [0.15, 0.2) is 76.9 Å². The summed E-state index contributed by atoms with van der Waals surface area (Å²) >= 11 is 0. The lowest BCUT2D eigenvalue weighted by molar-refractivity contribution is -0.132. The smallest absolute Gasteiger partial charge is 0.338 e. The average Bonchev–Trinajstić information content (AvgIpc) is 2.72. The Morgan fingerprint density at radius 1 is 1.10 bits per heavy atom. The van der Waals surface area contributed by atoms with Crippen LogP contribution >= 0.6 is 0 Å². The number of rotatable bonds is 3. The van der Waals surface area contributed by atoms with E-state index >= 15 is 0 Å². The fraction of sp³-hybridized carbons (Fsp3) is 0.346. The first kappa shape index (κ1) is 20.3. The molecule has 0 amide bonds. The number of hydrogen-bond donors (Lipinski definition) is 0. The zero-order chi connectivity index (χ0) is 21.6. The molecule has 0 saturated carbocycles. The van der Waals surface area contributed by atoms with Crippen molar-refractivity contribution in [1.82, 2.24) is 0 Å². The highest BCUT2D eigenvalue weighted by molar-refractivity contribution is 6.51. The van der Waals surface area contributed by atoms with E-state index < -0.39 is 17.0 Å². The van der Waals surface area contributed by atoms with E-state index in [0.717, 1.165) is 11.1 Å². The molecule has 4 rings (SSSR count). The van der Waals surface area contributed by atoms with Gasteiger partial charge < -0.3 is 4.74 Å². The monoisotopic (exact) mass is 402 g/mol. The predicted octanol–water partition coefficient (Wildman–Crippen LogP) is 4.79. The molecule has 154 valence electrons. The Labute approximate surface area is 177 Å². The van der Waals surface area contributed by atoms with Gasteiger partial charge in [-0.2, -0.15) is 0 Å². The molecule has 0 saturated heterocycles. The number of ether oxygens (including phenoxy) is 1. The average molecular weight is 402 g/mol. The second-order valence-corrected chi connectivity index (χ2v) is 9.06. The molecule has 2 atom stereocenters. The molecular formula is C26H26O4. The zero-order valence-corrected chi connectivity index (χ0v) is 17.8. The van der Waals surface area contributed by atoms with Gasteiger partial charge in [0.05, 0.1) is 5.56 Å². The van der Waals surface area contributed by atoms with Crippen LogP contribution in [0.1, 0.15) is 44.5 Å². The molecule has 0 heterocycles. The summed E-state index contributed by atoms with van der Waals surface area (Å²) < 4.78 is 5.88. The van der Waals surface area contributed by atoms with Crippen LogP contribution in [-0.2, 0) is 14.3 Å². The summed E-state index contributed by atoms with van der Waals surface area (Å²) in [6.07, 6.45) is 8.01. The number of carbonyl (C=O) groups excluding carboxylic acids is 3. The number of Topliss-reactive ketones (excluding diaryl/α,β-unsaturated/α-hetero) is 2. The number of fused-ring (bicyclic) bond motifs is 2. The molecular weight excluding hydrogens is 376 g/mol. The predicted molar refractivity (Wildman–Crippen MR) is 115 cm³/mol. The molecule has 0 aliphatic heterocycles. The minimum absolute atomic E-state index is 0.000166. The molecule has 4 heteroatoms. The van der Waals surface area contributed by atoms with Crippen LogP contribution in [-0.4, -0.2) is 23.6 Å². The maximum Gasteiger partial charge on any atom is 0.338 e. The number of benzene rings is 1. The molecule has 3 aliphatic carbocycles. The van der Waals surface area contributed by atoms with Crippen molar-refractivity contribution in [2.75, 3.05) is 0 Å². The fourth-order valence-corrected chi connectivity index (χ4v) is 4.59. The van der Waals surface area contributed by atoms with Crippen molar-refractivity contribution < 1.29 is 19.1 Å². The largest absolute Gasteiger partial charge is 0.458 e. The Balaban J connectivity index is 1.67. The maximum absolute atomic E-state index is 13.0. The minimum atomic E-state index is -0.424. The molecule has 30 heavy (non-hydrogen) atoms. The van der Waals surface area contributed by atoms with Gasteiger partial charge in [-0.25, -0.2) is 4.79 Å². The normalized spacial score (nSPS) is 24.8. The van der Waals surface area contributed by atoms with Crippen molar-refractivity contribution in [2.24, 2.45) is 17.3 Å². The fourth-order valence-electron chi connectivity index (χ4n) is 4.59. The molecule has 0 bridgehead atoms. The van der Waals surface area contributed by atoms with E-state index in [4.69, 9.17) is 4.74 Å². The van der Waals surface area contributed by atoms with Gasteiger partial charge in [0.15, 0.2) is 0 Å². The van der Waals surface area contributed by atoms with E-state index in [1.165, 1.54) is 0 Å². The van der Waals surface area contributed by atoms with Gasteiger partial charge in [0.2, 0.25) is 11.6 Å². The van der Waals surface area contributed by atoms with Gasteiger partial charge in [-0.3, -0.25) is 9.59 Å². The van der Waals surface area contributed by atoms with E-state index in [-0.39, 0.29) is 23.9 Å². The van der Waals surface area contributed by atoms with Gasteiger partial charge in [-0.1, -0.05) is 64.1 Å². The molecule has 0 N–H and O–H groups in total. The summed E-state index contributed by atoms with van der Waals surface area (Å²) in [5.41, 5.74) is 2.86. The number of esters is 1. The van der Waals surface area contributed by atoms with Gasteiger partial charge in [0.1, 0.15) is 6.10 Å². The Bertz CT molecular complexity index is 1050. The van der Waals surface area contributed by atoms with Crippen LogP contribution in [0.3, 0.4) is 0 Å². The first-order valence-electron chi connectivity index (χ1n) is 10.4. The second-order valence-electron chi connectivity index (χ2n) is 9.06. The Hall–Kier alpha value is -3.01. The van der Waals surface area contributed by atoms with E-state index in [1.807, 2.05) is 64.1 Å². The quantitative estimate of drug-likeness (QED) is 0.415. The number of ketones is 2. The van der Waals surface area contributed by atoms with E-state index in [1.54, 1.807) is 12.1 Å². The van der Waals surface area contributed by atoms with Crippen molar-refractivity contribution >= 4 is 17.5 Å². The number of hydrogen-bond acceptors (Lipinski definition) is 4. The lowest BCUT2D eigenvalue weighted by atomic mass is 9.61. The molecule has 1 aromatic carbocycles. The summed E-state index contributed by atoms with van der Waals surface area (Å²) in [5.74, 6) is -1.29. The highest BCUT2D eigenvalue weighted by Crippen LogP contribution is 2.49. The topological polar surface area (TPSA) is 60.4 Å². The van der Waals surface area contributed by atoms with Crippen LogP contribution < -0.4 is 0 Å². The third-order valence-electron chi connectivity index (χ3n) is 6.45. The summed E-state index contributed by atoms with van der Waals surface area (Å²) in [6, 6.07) is 8.95. The maximum atomic E-state index is 13.0. The SMILES string of the molecule is CC(C)C1=CC2=C(C(=O)C1=O)C1=CC[C@H](OC(=O)c3ccccc3)C(C)(C)[C@@H]1C=C2. The van der Waals surface area contributed by atoms with Gasteiger partial charge >= 0.3 is 5.97 Å². The first-order valence-corrected chi connectivity index (χ1v) is 10.4. The van der Waals surface area contributed by atoms with E-state index in [0.29, 0.717) is 23.1 Å². The third-order valence-corrected chi connectivity index (χ3v) is 6.45. The van der Waals surface area contributed by atoms with E-state index in [9.17, 15) is 14.4 Å². The molecule has 4 nitrogen and oxygen atoms in total. The molecule has 3 aliphatic rings. The highest BCUT2D eigenvalue weighted by atomic mass is 16.5. The minimum Gasteiger partial charge on any atom is -0.458 e. The molecule has 1 aromatic rings. The molecule has 0 radical (unpaired) electrons. The van der Waals surface area contributed by atoms with Crippen molar-refractivity contribution in [3.8, 4) is 0 Å². The molecule has 0 spiro atoms. The molecule has 0 aromatic heterocycles. The molecule has 0 unspecified atom stereocenters. The van der Waals surface area contributed by atoms with Crippen molar-refractivity contribution in [1.29, 1.82) is 0 Å². The Morgan fingerprint density at radius 3 is 2.47 bits per heavy atom. The summed E-state index contributed by atoms with van der Waals surface area (Å²) in [5, 5.41) is 0. The van der Waals surface area contributed by atoms with Crippen LogP contribution in [0.5, 0.6) is 0 Å². The van der Waals surface area contributed by atoms with Gasteiger partial charge in [0.25, 0.3) is 0 Å². The van der Waals surface area contributed by atoms with Crippen LogP contribution in [0.2, 0.25) is 0 Å². The van der Waals surface area contributed by atoms with Gasteiger partial charge in [-0.05, 0) is 35.3 Å². The Morgan fingerprint density at radius 2 is 1.80 bits per heavy atom.